The molecular weight excluding hydrogens is 336 g/mol. The third-order valence-corrected chi connectivity index (χ3v) is 4.50. The molecule has 5 nitrogen and oxygen atoms in total. The normalized spacial score (nSPS) is 12.0. The number of rotatable bonds is 5. The number of fused-ring (bicyclic) bond motifs is 1. The van der Waals surface area contributed by atoms with Crippen LogP contribution in [0.1, 0.15) is 33.5 Å². The zero-order valence-corrected chi connectivity index (χ0v) is 15.0. The lowest BCUT2D eigenvalue weighted by molar-refractivity contribution is 0.0934. The number of nitrogens with one attached hydrogen (secondary N) is 2. The molecule has 4 aromatic rings. The first-order valence-electron chi connectivity index (χ1n) is 8.91. The molecule has 0 aliphatic heterocycles. The molecule has 0 bridgehead atoms. The first-order chi connectivity index (χ1) is 13.2. The number of H-pyrrole nitrogens is 1. The van der Waals surface area contributed by atoms with Crippen molar-refractivity contribution in [3.63, 3.8) is 0 Å². The molecule has 134 valence electrons. The second-order valence-electron chi connectivity index (χ2n) is 6.54. The van der Waals surface area contributed by atoms with Crippen LogP contribution in [0.4, 0.5) is 0 Å². The van der Waals surface area contributed by atoms with E-state index in [1.807, 2.05) is 55.5 Å². The van der Waals surface area contributed by atoms with Crippen LogP contribution in [0.5, 0.6) is 0 Å². The number of amides is 1. The molecule has 5 heteroatoms. The quantitative estimate of drug-likeness (QED) is 0.568. The molecule has 0 saturated carbocycles. The first-order valence-corrected chi connectivity index (χ1v) is 8.91. The molecule has 0 fully saturated rings. The van der Waals surface area contributed by atoms with Crippen LogP contribution < -0.4 is 5.32 Å². The fourth-order valence-electron chi connectivity index (χ4n) is 3.05. The number of hydrogen-bond donors (Lipinski definition) is 2. The standard InChI is InChI=1S/C22H20N4O/c1-15-11-12-17(14-23-15)22(27)26-20(13-16-7-3-2-4-8-16)21-24-18-9-5-6-10-19(18)25-21/h2-12,14,20H,13H2,1H3,(H,24,25)(H,26,27)/t20-/m0/s1. The van der Waals surface area contributed by atoms with Crippen molar-refractivity contribution in [2.45, 2.75) is 19.4 Å². The van der Waals surface area contributed by atoms with E-state index < -0.39 is 0 Å². The van der Waals surface area contributed by atoms with E-state index in [-0.39, 0.29) is 11.9 Å². The summed E-state index contributed by atoms with van der Waals surface area (Å²) in [6.45, 7) is 1.90. The van der Waals surface area contributed by atoms with E-state index in [9.17, 15) is 4.79 Å². The van der Waals surface area contributed by atoms with Crippen molar-refractivity contribution in [3.8, 4) is 0 Å². The smallest absolute Gasteiger partial charge is 0.253 e. The van der Waals surface area contributed by atoms with Crippen LogP contribution in [0.2, 0.25) is 0 Å². The number of carbonyl (C=O) groups excluding carboxylic acids is 1. The summed E-state index contributed by atoms with van der Waals surface area (Å²) in [6, 6.07) is 21.3. The Kier molecular flexibility index (Phi) is 4.66. The van der Waals surface area contributed by atoms with Gasteiger partial charge in [0.1, 0.15) is 5.82 Å². The van der Waals surface area contributed by atoms with E-state index in [4.69, 9.17) is 0 Å². The third kappa shape index (κ3) is 3.87. The third-order valence-electron chi connectivity index (χ3n) is 4.50. The topological polar surface area (TPSA) is 70.7 Å². The van der Waals surface area contributed by atoms with Crippen molar-refractivity contribution < 1.29 is 4.79 Å². The van der Waals surface area contributed by atoms with Gasteiger partial charge in [-0.25, -0.2) is 4.98 Å². The summed E-state index contributed by atoms with van der Waals surface area (Å²) in [5.41, 5.74) is 4.39. The molecule has 0 aliphatic carbocycles. The number of para-hydroxylation sites is 2. The van der Waals surface area contributed by atoms with Crippen LogP contribution in [0.15, 0.2) is 72.9 Å². The number of aromatic nitrogens is 3. The SMILES string of the molecule is Cc1ccc(C(=O)N[C@@H](Cc2ccccc2)c2nc3ccccc3[nH]2)cn1. The molecule has 0 saturated heterocycles. The summed E-state index contributed by atoms with van der Waals surface area (Å²) >= 11 is 0. The van der Waals surface area contributed by atoms with E-state index in [1.54, 1.807) is 12.3 Å². The minimum Gasteiger partial charge on any atom is -0.342 e. The largest absolute Gasteiger partial charge is 0.342 e. The maximum Gasteiger partial charge on any atom is 0.253 e. The van der Waals surface area contributed by atoms with E-state index in [2.05, 4.69) is 32.4 Å². The second kappa shape index (κ2) is 7.41. The number of hydrogen-bond acceptors (Lipinski definition) is 3. The summed E-state index contributed by atoms with van der Waals surface area (Å²) in [5, 5.41) is 3.11. The van der Waals surface area contributed by atoms with Gasteiger partial charge in [-0.1, -0.05) is 42.5 Å². The van der Waals surface area contributed by atoms with E-state index in [0.29, 0.717) is 12.0 Å². The fraction of sp³-hybridized carbons (Fsp3) is 0.136. The van der Waals surface area contributed by atoms with Gasteiger partial charge in [0.25, 0.3) is 5.91 Å². The molecule has 2 heterocycles. The lowest BCUT2D eigenvalue weighted by Crippen LogP contribution is -2.30. The summed E-state index contributed by atoms with van der Waals surface area (Å²) in [4.78, 5) is 25.0. The summed E-state index contributed by atoms with van der Waals surface area (Å²) in [5.74, 6) is 0.581. The Labute approximate surface area is 157 Å². The van der Waals surface area contributed by atoms with Crippen molar-refractivity contribution in [1.82, 2.24) is 20.3 Å². The highest BCUT2D eigenvalue weighted by molar-refractivity contribution is 5.94. The maximum atomic E-state index is 12.8. The van der Waals surface area contributed by atoms with Crippen LogP contribution in [-0.2, 0) is 6.42 Å². The number of nitrogens with zero attached hydrogens (tertiary/aromatic N) is 2. The van der Waals surface area contributed by atoms with Gasteiger partial charge in [0.05, 0.1) is 22.6 Å². The van der Waals surface area contributed by atoms with E-state index >= 15 is 0 Å². The van der Waals surface area contributed by atoms with Gasteiger partial charge in [0.2, 0.25) is 0 Å². The van der Waals surface area contributed by atoms with Gasteiger partial charge in [-0.2, -0.15) is 0 Å². The molecule has 1 amide bonds. The molecular formula is C22H20N4O. The van der Waals surface area contributed by atoms with Crippen molar-refractivity contribution in [3.05, 3.63) is 95.6 Å². The Morgan fingerprint density at radius 3 is 2.56 bits per heavy atom. The van der Waals surface area contributed by atoms with Gasteiger partial charge in [0, 0.05) is 11.9 Å². The highest BCUT2D eigenvalue weighted by atomic mass is 16.1. The summed E-state index contributed by atoms with van der Waals surface area (Å²) < 4.78 is 0. The first kappa shape index (κ1) is 17.0. The van der Waals surface area contributed by atoms with Crippen LogP contribution in [-0.4, -0.2) is 20.9 Å². The number of aromatic amines is 1. The predicted octanol–water partition coefficient (Wildman–Crippen LogP) is 3.98. The van der Waals surface area contributed by atoms with Crippen molar-refractivity contribution in [1.29, 1.82) is 0 Å². The van der Waals surface area contributed by atoms with Gasteiger partial charge in [0.15, 0.2) is 0 Å². The van der Waals surface area contributed by atoms with Crippen LogP contribution in [0.3, 0.4) is 0 Å². The van der Waals surface area contributed by atoms with Crippen LogP contribution in [0.25, 0.3) is 11.0 Å². The van der Waals surface area contributed by atoms with Crippen LogP contribution >= 0.6 is 0 Å². The van der Waals surface area contributed by atoms with Gasteiger partial charge in [-0.15, -0.1) is 0 Å². The Morgan fingerprint density at radius 2 is 1.81 bits per heavy atom. The van der Waals surface area contributed by atoms with Crippen molar-refractivity contribution in [2.75, 3.05) is 0 Å². The zero-order valence-electron chi connectivity index (χ0n) is 15.0. The monoisotopic (exact) mass is 356 g/mol. The number of imidazole rings is 1. The zero-order chi connectivity index (χ0) is 18.6. The van der Waals surface area contributed by atoms with Crippen LogP contribution in [0, 0.1) is 6.92 Å². The number of aryl methyl sites for hydroxylation is 1. The highest BCUT2D eigenvalue weighted by Crippen LogP contribution is 2.20. The molecule has 2 aromatic carbocycles. The minimum absolute atomic E-state index is 0.163. The molecule has 0 unspecified atom stereocenters. The number of pyridine rings is 1. The molecule has 2 N–H and O–H groups in total. The van der Waals surface area contributed by atoms with Gasteiger partial charge < -0.3 is 10.3 Å². The van der Waals surface area contributed by atoms with Crippen molar-refractivity contribution in [2.24, 2.45) is 0 Å². The van der Waals surface area contributed by atoms with E-state index in [0.717, 1.165) is 28.1 Å². The Bertz CT molecular complexity index is 1020. The Hall–Kier alpha value is -3.47. The highest BCUT2D eigenvalue weighted by Gasteiger charge is 2.20. The van der Waals surface area contributed by atoms with Gasteiger partial charge >= 0.3 is 0 Å². The lowest BCUT2D eigenvalue weighted by Gasteiger charge is -2.17. The molecule has 0 spiro atoms. The summed E-state index contributed by atoms with van der Waals surface area (Å²) in [7, 11) is 0. The lowest BCUT2D eigenvalue weighted by atomic mass is 10.0. The maximum absolute atomic E-state index is 12.8. The number of carbonyl (C=O) groups is 1. The number of benzene rings is 2. The van der Waals surface area contributed by atoms with E-state index in [1.165, 1.54) is 0 Å². The molecule has 0 radical (unpaired) electrons. The van der Waals surface area contributed by atoms with Gasteiger partial charge in [-0.05, 0) is 43.2 Å². The summed E-state index contributed by atoms with van der Waals surface area (Å²) in [6.07, 6.45) is 2.24. The fourth-order valence-corrected chi connectivity index (χ4v) is 3.05. The minimum atomic E-state index is -0.270. The average Bonchev–Trinajstić information content (AvgIpc) is 3.13. The molecule has 0 aliphatic rings. The molecule has 1 atom stereocenters. The Balaban J connectivity index is 1.64. The molecule has 2 aromatic heterocycles. The Morgan fingerprint density at radius 1 is 1.04 bits per heavy atom. The predicted molar refractivity (Wildman–Crippen MR) is 105 cm³/mol. The average molecular weight is 356 g/mol. The van der Waals surface area contributed by atoms with Crippen molar-refractivity contribution >= 4 is 16.9 Å². The molecule has 27 heavy (non-hydrogen) atoms. The van der Waals surface area contributed by atoms with Gasteiger partial charge in [-0.3, -0.25) is 9.78 Å². The molecule has 4 rings (SSSR count). The second-order valence-corrected chi connectivity index (χ2v) is 6.54.